The maximum Gasteiger partial charge on any atom is 0.231 e. The van der Waals surface area contributed by atoms with Gasteiger partial charge in [-0.15, -0.1) is 0 Å². The molecule has 1 aliphatic rings. The van der Waals surface area contributed by atoms with Gasteiger partial charge in [-0.2, -0.15) is 0 Å². The number of nitrogens with one attached hydrogen (secondary N) is 1. The number of amides is 1. The number of hydrogen-bond donors (Lipinski definition) is 2. The Hall–Kier alpha value is -1.75. The average Bonchev–Trinajstić information content (AvgIpc) is 2.89. The summed E-state index contributed by atoms with van der Waals surface area (Å²) in [5.74, 6) is 1.43. The van der Waals surface area contributed by atoms with Crippen LogP contribution in [0.25, 0.3) is 0 Å². The minimum Gasteiger partial charge on any atom is -0.454 e. The molecule has 2 N–H and O–H groups in total. The van der Waals surface area contributed by atoms with Gasteiger partial charge in [-0.05, 0) is 30.5 Å². The first-order valence-electron chi connectivity index (χ1n) is 6.52. The van der Waals surface area contributed by atoms with Gasteiger partial charge in [0.25, 0.3) is 0 Å². The van der Waals surface area contributed by atoms with E-state index in [4.69, 9.17) is 9.47 Å². The van der Waals surface area contributed by atoms with E-state index < -0.39 is 6.10 Å². The first-order valence-corrected chi connectivity index (χ1v) is 6.52. The number of carbonyl (C=O) groups excluding carboxylic acids is 1. The normalized spacial score (nSPS) is 14.2. The van der Waals surface area contributed by atoms with E-state index in [2.05, 4.69) is 5.32 Å². The fourth-order valence-electron chi connectivity index (χ4n) is 1.82. The van der Waals surface area contributed by atoms with Crippen molar-refractivity contribution in [3.63, 3.8) is 0 Å². The lowest BCUT2D eigenvalue weighted by atomic mass is 10.1. The maximum atomic E-state index is 11.6. The standard InChI is InChI=1S/C14H19NO4/c1-2-11(16)8-15-14(17)6-4-10-3-5-12-13(7-10)19-9-18-12/h3,5,7,11,16H,2,4,6,8-9H2,1H3,(H,15,17). The van der Waals surface area contributed by atoms with Crippen LogP contribution in [0.4, 0.5) is 0 Å². The quantitative estimate of drug-likeness (QED) is 0.812. The van der Waals surface area contributed by atoms with Gasteiger partial charge in [0.2, 0.25) is 12.7 Å². The smallest absolute Gasteiger partial charge is 0.231 e. The van der Waals surface area contributed by atoms with Crippen LogP contribution in [0.1, 0.15) is 25.3 Å². The van der Waals surface area contributed by atoms with Crippen molar-refractivity contribution in [1.82, 2.24) is 5.32 Å². The summed E-state index contributed by atoms with van der Waals surface area (Å²) < 4.78 is 10.5. The maximum absolute atomic E-state index is 11.6. The monoisotopic (exact) mass is 265 g/mol. The predicted molar refractivity (Wildman–Crippen MR) is 70.2 cm³/mol. The third-order valence-corrected chi connectivity index (χ3v) is 3.08. The van der Waals surface area contributed by atoms with Gasteiger partial charge >= 0.3 is 0 Å². The molecule has 1 atom stereocenters. The number of aliphatic hydroxyl groups excluding tert-OH is 1. The van der Waals surface area contributed by atoms with Gasteiger partial charge in [-0.25, -0.2) is 0 Å². The summed E-state index contributed by atoms with van der Waals surface area (Å²) in [6.45, 7) is 2.45. The highest BCUT2D eigenvalue weighted by Gasteiger charge is 2.13. The zero-order valence-corrected chi connectivity index (χ0v) is 11.0. The van der Waals surface area contributed by atoms with Crippen LogP contribution in [0.15, 0.2) is 18.2 Å². The Kier molecular flexibility index (Phi) is 4.63. The molecule has 0 aliphatic carbocycles. The minimum absolute atomic E-state index is 0.0508. The van der Waals surface area contributed by atoms with Crippen LogP contribution in [0.3, 0.4) is 0 Å². The molecule has 5 heteroatoms. The third-order valence-electron chi connectivity index (χ3n) is 3.08. The fourth-order valence-corrected chi connectivity index (χ4v) is 1.82. The summed E-state index contributed by atoms with van der Waals surface area (Å²) in [4.78, 5) is 11.6. The number of fused-ring (bicyclic) bond motifs is 1. The Balaban J connectivity index is 1.77. The summed E-state index contributed by atoms with van der Waals surface area (Å²) in [6.07, 6.45) is 1.22. The molecule has 1 heterocycles. The van der Waals surface area contributed by atoms with Crippen LogP contribution in [-0.4, -0.2) is 30.5 Å². The van der Waals surface area contributed by atoms with Crippen LogP contribution < -0.4 is 14.8 Å². The molecule has 1 aromatic rings. The summed E-state index contributed by atoms with van der Waals surface area (Å²) in [5, 5.41) is 12.1. The largest absolute Gasteiger partial charge is 0.454 e. The Morgan fingerprint density at radius 2 is 2.21 bits per heavy atom. The van der Waals surface area contributed by atoms with Crippen LogP contribution in [0, 0.1) is 0 Å². The van der Waals surface area contributed by atoms with Crippen molar-refractivity contribution in [2.75, 3.05) is 13.3 Å². The summed E-state index contributed by atoms with van der Waals surface area (Å²) in [6, 6.07) is 5.69. The van der Waals surface area contributed by atoms with E-state index in [1.54, 1.807) is 0 Å². The lowest BCUT2D eigenvalue weighted by molar-refractivity contribution is -0.121. The molecule has 1 unspecified atom stereocenters. The van der Waals surface area contributed by atoms with Gasteiger partial charge in [0.15, 0.2) is 11.5 Å². The molecular formula is C14H19NO4. The Bertz CT molecular complexity index is 447. The lowest BCUT2D eigenvalue weighted by Gasteiger charge is -2.09. The van der Waals surface area contributed by atoms with E-state index in [1.807, 2.05) is 25.1 Å². The molecular weight excluding hydrogens is 246 g/mol. The molecule has 0 spiro atoms. The SMILES string of the molecule is CCC(O)CNC(=O)CCc1ccc2c(c1)OCO2. The zero-order valence-electron chi connectivity index (χ0n) is 11.0. The van der Waals surface area contributed by atoms with Gasteiger partial charge in [0, 0.05) is 13.0 Å². The van der Waals surface area contributed by atoms with Crippen LogP contribution in [-0.2, 0) is 11.2 Å². The number of ether oxygens (including phenoxy) is 2. The van der Waals surface area contributed by atoms with Gasteiger partial charge in [-0.3, -0.25) is 4.79 Å². The number of rotatable bonds is 6. The van der Waals surface area contributed by atoms with Gasteiger partial charge in [-0.1, -0.05) is 13.0 Å². The molecule has 1 aliphatic heterocycles. The van der Waals surface area contributed by atoms with E-state index in [9.17, 15) is 9.90 Å². The highest BCUT2D eigenvalue weighted by atomic mass is 16.7. The van der Waals surface area contributed by atoms with E-state index in [1.165, 1.54) is 0 Å². The van der Waals surface area contributed by atoms with Crippen molar-refractivity contribution in [2.24, 2.45) is 0 Å². The first kappa shape index (κ1) is 13.7. The number of aliphatic hydroxyl groups is 1. The average molecular weight is 265 g/mol. The Morgan fingerprint density at radius 3 is 3.00 bits per heavy atom. The molecule has 2 rings (SSSR count). The lowest BCUT2D eigenvalue weighted by Crippen LogP contribution is -2.31. The van der Waals surface area contributed by atoms with Crippen molar-refractivity contribution >= 4 is 5.91 Å². The van der Waals surface area contributed by atoms with Gasteiger partial charge < -0.3 is 19.9 Å². The van der Waals surface area contributed by atoms with Crippen molar-refractivity contribution in [3.05, 3.63) is 23.8 Å². The number of carbonyl (C=O) groups is 1. The second kappa shape index (κ2) is 6.43. The fraction of sp³-hybridized carbons (Fsp3) is 0.500. The second-order valence-electron chi connectivity index (χ2n) is 4.55. The first-order chi connectivity index (χ1) is 9.19. The van der Waals surface area contributed by atoms with Crippen molar-refractivity contribution in [1.29, 1.82) is 0 Å². The molecule has 1 amide bonds. The van der Waals surface area contributed by atoms with E-state index in [-0.39, 0.29) is 12.7 Å². The number of benzene rings is 1. The highest BCUT2D eigenvalue weighted by Crippen LogP contribution is 2.32. The van der Waals surface area contributed by atoms with Crippen LogP contribution in [0.5, 0.6) is 11.5 Å². The number of hydrogen-bond acceptors (Lipinski definition) is 4. The van der Waals surface area contributed by atoms with E-state index >= 15 is 0 Å². The number of aryl methyl sites for hydroxylation is 1. The van der Waals surface area contributed by atoms with Crippen molar-refractivity contribution in [2.45, 2.75) is 32.3 Å². The molecule has 0 radical (unpaired) electrons. The third kappa shape index (κ3) is 3.86. The molecule has 1 aromatic carbocycles. The molecule has 0 saturated carbocycles. The Morgan fingerprint density at radius 1 is 1.42 bits per heavy atom. The minimum atomic E-state index is -0.463. The van der Waals surface area contributed by atoms with Gasteiger partial charge in [0.05, 0.1) is 6.10 Å². The second-order valence-corrected chi connectivity index (χ2v) is 4.55. The molecule has 0 bridgehead atoms. The Labute approximate surface area is 112 Å². The molecule has 104 valence electrons. The van der Waals surface area contributed by atoms with Crippen molar-refractivity contribution in [3.8, 4) is 11.5 Å². The summed E-state index contributed by atoms with van der Waals surface area (Å²) in [7, 11) is 0. The van der Waals surface area contributed by atoms with Crippen LogP contribution >= 0.6 is 0 Å². The van der Waals surface area contributed by atoms with E-state index in [0.717, 1.165) is 17.1 Å². The summed E-state index contributed by atoms with van der Waals surface area (Å²) >= 11 is 0. The summed E-state index contributed by atoms with van der Waals surface area (Å²) in [5.41, 5.74) is 1.04. The molecule has 5 nitrogen and oxygen atoms in total. The molecule has 19 heavy (non-hydrogen) atoms. The van der Waals surface area contributed by atoms with Crippen molar-refractivity contribution < 1.29 is 19.4 Å². The van der Waals surface area contributed by atoms with Crippen LogP contribution in [0.2, 0.25) is 0 Å². The zero-order chi connectivity index (χ0) is 13.7. The predicted octanol–water partition coefficient (Wildman–Crippen LogP) is 1.23. The molecule has 0 fully saturated rings. The van der Waals surface area contributed by atoms with E-state index in [0.29, 0.717) is 25.8 Å². The molecule has 0 aromatic heterocycles. The highest BCUT2D eigenvalue weighted by molar-refractivity contribution is 5.76. The molecule has 0 saturated heterocycles. The van der Waals surface area contributed by atoms with Gasteiger partial charge in [0.1, 0.15) is 0 Å². The topological polar surface area (TPSA) is 67.8 Å².